The summed E-state index contributed by atoms with van der Waals surface area (Å²) in [7, 11) is 0. The van der Waals surface area contributed by atoms with Gasteiger partial charge in [-0.05, 0) is 13.0 Å². The molecule has 3 N–H and O–H groups in total. The highest BCUT2D eigenvalue weighted by atomic mass is 16.3. The number of hydrogen-bond donors (Lipinski definition) is 2. The predicted octanol–water partition coefficient (Wildman–Crippen LogP) is 1.81. The van der Waals surface area contributed by atoms with E-state index in [4.69, 9.17) is 10.2 Å². The number of rotatable bonds is 2. The van der Waals surface area contributed by atoms with Crippen molar-refractivity contribution in [1.29, 1.82) is 0 Å². The summed E-state index contributed by atoms with van der Waals surface area (Å²) >= 11 is 0. The Bertz CT molecular complexity index is 434. The van der Waals surface area contributed by atoms with Crippen LogP contribution in [0, 0.1) is 0 Å². The Morgan fingerprint density at radius 3 is 2.79 bits per heavy atom. The Morgan fingerprint density at radius 1 is 1.36 bits per heavy atom. The zero-order valence-corrected chi connectivity index (χ0v) is 7.97. The number of furan rings is 1. The second-order valence-electron chi connectivity index (χ2n) is 3.45. The van der Waals surface area contributed by atoms with Gasteiger partial charge in [-0.25, -0.2) is 0 Å². The summed E-state index contributed by atoms with van der Waals surface area (Å²) in [5.74, 6) is 0. The third-order valence-electron chi connectivity index (χ3n) is 2.39. The van der Waals surface area contributed by atoms with Crippen molar-refractivity contribution in [1.82, 2.24) is 0 Å². The Balaban J connectivity index is 2.53. The van der Waals surface area contributed by atoms with Crippen LogP contribution in [0.3, 0.4) is 0 Å². The third-order valence-corrected chi connectivity index (χ3v) is 2.39. The van der Waals surface area contributed by atoms with Crippen molar-refractivity contribution in [2.45, 2.75) is 19.1 Å². The van der Waals surface area contributed by atoms with Crippen LogP contribution in [-0.4, -0.2) is 11.2 Å². The fraction of sp³-hybridized carbons (Fsp3) is 0.273. The summed E-state index contributed by atoms with van der Waals surface area (Å²) in [6.07, 6.45) is 1.04. The Labute approximate surface area is 82.1 Å². The van der Waals surface area contributed by atoms with E-state index in [0.29, 0.717) is 0 Å². The van der Waals surface area contributed by atoms with Crippen molar-refractivity contribution in [3.05, 3.63) is 36.1 Å². The number of para-hydroxylation sites is 1. The normalized spacial score (nSPS) is 15.6. The van der Waals surface area contributed by atoms with Gasteiger partial charge >= 0.3 is 0 Å². The van der Waals surface area contributed by atoms with E-state index in [0.717, 1.165) is 16.5 Å². The van der Waals surface area contributed by atoms with Crippen LogP contribution < -0.4 is 5.73 Å². The minimum Gasteiger partial charge on any atom is -0.464 e. The van der Waals surface area contributed by atoms with E-state index in [1.54, 1.807) is 13.2 Å². The monoisotopic (exact) mass is 191 g/mol. The molecule has 1 heterocycles. The zero-order chi connectivity index (χ0) is 10.1. The van der Waals surface area contributed by atoms with Gasteiger partial charge in [-0.3, -0.25) is 0 Å². The molecule has 0 saturated carbocycles. The van der Waals surface area contributed by atoms with Crippen molar-refractivity contribution in [2.24, 2.45) is 5.73 Å². The quantitative estimate of drug-likeness (QED) is 0.761. The molecular weight excluding hydrogens is 178 g/mol. The van der Waals surface area contributed by atoms with E-state index in [9.17, 15) is 5.11 Å². The molecule has 2 aromatic rings. The highest BCUT2D eigenvalue weighted by Crippen LogP contribution is 2.26. The van der Waals surface area contributed by atoms with Crippen LogP contribution in [0.1, 0.15) is 18.5 Å². The van der Waals surface area contributed by atoms with Crippen LogP contribution in [0.5, 0.6) is 0 Å². The maximum atomic E-state index is 9.39. The number of aliphatic hydroxyl groups excluding tert-OH is 1. The molecule has 0 fully saturated rings. The van der Waals surface area contributed by atoms with Gasteiger partial charge < -0.3 is 15.3 Å². The number of fused-ring (bicyclic) bond motifs is 1. The average molecular weight is 191 g/mol. The Hall–Kier alpha value is -1.32. The van der Waals surface area contributed by atoms with Gasteiger partial charge in [0, 0.05) is 10.9 Å². The van der Waals surface area contributed by atoms with Crippen LogP contribution in [0.4, 0.5) is 0 Å². The molecule has 0 spiro atoms. The molecule has 0 aliphatic heterocycles. The van der Waals surface area contributed by atoms with Crippen molar-refractivity contribution < 1.29 is 9.52 Å². The standard InChI is InChI=1S/C11H13NO2/c1-7(13)11(12)9-6-14-10-5-3-2-4-8(9)10/h2-7,11,13H,12H2,1H3/t7-,11-/m1/s1. The van der Waals surface area contributed by atoms with Gasteiger partial charge in [0.05, 0.1) is 18.4 Å². The van der Waals surface area contributed by atoms with E-state index in [1.807, 2.05) is 24.3 Å². The van der Waals surface area contributed by atoms with Gasteiger partial charge in [0.2, 0.25) is 0 Å². The fourth-order valence-corrected chi connectivity index (χ4v) is 1.52. The molecule has 74 valence electrons. The molecule has 0 radical (unpaired) electrons. The lowest BCUT2D eigenvalue weighted by molar-refractivity contribution is 0.164. The van der Waals surface area contributed by atoms with Gasteiger partial charge in [0.15, 0.2) is 0 Å². The van der Waals surface area contributed by atoms with Crippen LogP contribution in [0.2, 0.25) is 0 Å². The summed E-state index contributed by atoms with van der Waals surface area (Å²) in [5.41, 5.74) is 7.50. The Morgan fingerprint density at radius 2 is 2.07 bits per heavy atom. The van der Waals surface area contributed by atoms with Crippen molar-refractivity contribution in [3.8, 4) is 0 Å². The van der Waals surface area contributed by atoms with Crippen molar-refractivity contribution >= 4 is 11.0 Å². The molecule has 0 saturated heterocycles. The Kier molecular flexibility index (Phi) is 2.27. The van der Waals surface area contributed by atoms with E-state index in [1.165, 1.54) is 0 Å². The van der Waals surface area contributed by atoms with E-state index < -0.39 is 12.1 Å². The average Bonchev–Trinajstić information content (AvgIpc) is 2.60. The highest BCUT2D eigenvalue weighted by Gasteiger charge is 2.16. The van der Waals surface area contributed by atoms with Crippen LogP contribution in [0.25, 0.3) is 11.0 Å². The topological polar surface area (TPSA) is 59.4 Å². The lowest BCUT2D eigenvalue weighted by atomic mass is 10.0. The minimum absolute atomic E-state index is 0.390. The van der Waals surface area contributed by atoms with Crippen molar-refractivity contribution in [3.63, 3.8) is 0 Å². The molecule has 1 aromatic heterocycles. The first-order chi connectivity index (χ1) is 6.70. The molecule has 1 aromatic carbocycles. The molecule has 3 nitrogen and oxygen atoms in total. The fourth-order valence-electron chi connectivity index (χ4n) is 1.52. The maximum Gasteiger partial charge on any atom is 0.134 e. The van der Waals surface area contributed by atoms with Crippen LogP contribution in [-0.2, 0) is 0 Å². The van der Waals surface area contributed by atoms with Gasteiger partial charge in [-0.1, -0.05) is 18.2 Å². The molecule has 2 rings (SSSR count). The van der Waals surface area contributed by atoms with Gasteiger partial charge in [-0.2, -0.15) is 0 Å². The lowest BCUT2D eigenvalue weighted by Gasteiger charge is -2.12. The maximum absolute atomic E-state index is 9.39. The number of hydrogen-bond acceptors (Lipinski definition) is 3. The molecule has 14 heavy (non-hydrogen) atoms. The molecular formula is C11H13NO2. The van der Waals surface area contributed by atoms with Crippen LogP contribution >= 0.6 is 0 Å². The SMILES string of the molecule is C[C@@H](O)[C@@H](N)c1coc2ccccc12. The minimum atomic E-state index is -0.573. The smallest absolute Gasteiger partial charge is 0.134 e. The number of aliphatic hydroxyl groups is 1. The summed E-state index contributed by atoms with van der Waals surface area (Å²) in [5, 5.41) is 10.4. The summed E-state index contributed by atoms with van der Waals surface area (Å²) < 4.78 is 5.33. The molecule has 0 aliphatic rings. The summed E-state index contributed by atoms with van der Waals surface area (Å²) in [6, 6.07) is 7.27. The second-order valence-corrected chi connectivity index (χ2v) is 3.45. The van der Waals surface area contributed by atoms with Gasteiger partial charge in [0.1, 0.15) is 5.58 Å². The van der Waals surface area contributed by atoms with E-state index >= 15 is 0 Å². The first-order valence-corrected chi connectivity index (χ1v) is 4.60. The first kappa shape index (κ1) is 9.24. The first-order valence-electron chi connectivity index (χ1n) is 4.60. The van der Waals surface area contributed by atoms with Gasteiger partial charge in [-0.15, -0.1) is 0 Å². The van der Waals surface area contributed by atoms with Crippen molar-refractivity contribution in [2.75, 3.05) is 0 Å². The lowest BCUT2D eigenvalue weighted by Crippen LogP contribution is -2.22. The molecule has 0 amide bonds. The third kappa shape index (κ3) is 1.41. The van der Waals surface area contributed by atoms with Gasteiger partial charge in [0.25, 0.3) is 0 Å². The number of nitrogens with two attached hydrogens (primary N) is 1. The zero-order valence-electron chi connectivity index (χ0n) is 7.97. The van der Waals surface area contributed by atoms with E-state index in [-0.39, 0.29) is 0 Å². The molecule has 0 aliphatic carbocycles. The number of benzene rings is 1. The largest absolute Gasteiger partial charge is 0.464 e. The predicted molar refractivity (Wildman–Crippen MR) is 54.8 cm³/mol. The second kappa shape index (κ2) is 3.44. The molecule has 2 atom stereocenters. The van der Waals surface area contributed by atoms with Crippen LogP contribution in [0.15, 0.2) is 34.9 Å². The highest BCUT2D eigenvalue weighted by molar-refractivity contribution is 5.81. The summed E-state index contributed by atoms with van der Waals surface area (Å²) in [6.45, 7) is 1.67. The summed E-state index contributed by atoms with van der Waals surface area (Å²) in [4.78, 5) is 0. The molecule has 0 unspecified atom stereocenters. The molecule has 3 heteroatoms. The van der Waals surface area contributed by atoms with E-state index in [2.05, 4.69) is 0 Å². The molecule has 0 bridgehead atoms.